The highest BCUT2D eigenvalue weighted by Crippen LogP contribution is 2.53. The van der Waals surface area contributed by atoms with Gasteiger partial charge in [-0.25, -0.2) is 17.9 Å². The van der Waals surface area contributed by atoms with Gasteiger partial charge in [-0.15, -0.1) is 0 Å². The zero-order valence-corrected chi connectivity index (χ0v) is 29.5. The molecule has 0 radical (unpaired) electrons. The molecule has 1 aromatic heterocycles. The molecule has 4 atom stereocenters. The van der Waals surface area contributed by atoms with Gasteiger partial charge >= 0.3 is 6.09 Å². The van der Waals surface area contributed by atoms with Crippen molar-refractivity contribution < 1.29 is 37.6 Å². The van der Waals surface area contributed by atoms with Crippen LogP contribution in [0.4, 0.5) is 4.79 Å². The normalized spacial score (nSPS) is 17.6. The number of sulfonamides is 1. The number of fused-ring (bicyclic) bond motifs is 1. The van der Waals surface area contributed by atoms with E-state index >= 15 is 0 Å². The van der Waals surface area contributed by atoms with Gasteiger partial charge in [0, 0.05) is 17.6 Å². The zero-order chi connectivity index (χ0) is 35.8. The highest BCUT2D eigenvalue weighted by molar-refractivity contribution is 7.88. The van der Waals surface area contributed by atoms with Crippen LogP contribution in [0.15, 0.2) is 60.8 Å². The molecule has 0 spiro atoms. The third-order valence-corrected chi connectivity index (χ3v) is 11.1. The summed E-state index contributed by atoms with van der Waals surface area (Å²) < 4.78 is 41.2. The molecular formula is C34H46N5O8PS. The lowest BCUT2D eigenvalue weighted by Gasteiger charge is -2.45. The highest BCUT2D eigenvalue weighted by atomic mass is 32.2. The van der Waals surface area contributed by atoms with Crippen molar-refractivity contribution in [3.63, 3.8) is 0 Å². The van der Waals surface area contributed by atoms with Crippen LogP contribution in [-0.4, -0.2) is 77.4 Å². The molecule has 15 heteroatoms. The van der Waals surface area contributed by atoms with Crippen molar-refractivity contribution in [2.75, 3.05) is 12.8 Å². The number of nitrogens with one attached hydrogen (secondary N) is 3. The van der Waals surface area contributed by atoms with E-state index in [0.29, 0.717) is 48.9 Å². The number of hydrogen-bond donors (Lipinski definition) is 6. The molecule has 1 aliphatic rings. The molecule has 1 aliphatic carbocycles. The number of carbonyl (C=O) groups excluding carboxylic acids is 2. The zero-order valence-electron chi connectivity index (χ0n) is 27.8. The Morgan fingerprint density at radius 2 is 1.67 bits per heavy atom. The number of unbranched alkanes of at least 4 members (excludes halogenated alkanes) is 1. The molecule has 1 heterocycles. The van der Waals surface area contributed by atoms with Crippen molar-refractivity contribution in [3.05, 3.63) is 71.9 Å². The van der Waals surface area contributed by atoms with Gasteiger partial charge in [-0.1, -0.05) is 67.8 Å². The summed E-state index contributed by atoms with van der Waals surface area (Å²) in [7, 11) is -4.59. The van der Waals surface area contributed by atoms with Gasteiger partial charge in [0.15, 0.2) is 13.8 Å². The minimum atomic E-state index is -3.81. The van der Waals surface area contributed by atoms with Gasteiger partial charge in [-0.3, -0.25) is 18.7 Å². The second-order valence-electron chi connectivity index (χ2n) is 13.0. The number of amides is 2. The van der Waals surface area contributed by atoms with E-state index in [4.69, 9.17) is 5.73 Å². The van der Waals surface area contributed by atoms with Crippen molar-refractivity contribution in [2.24, 2.45) is 11.1 Å². The van der Waals surface area contributed by atoms with Gasteiger partial charge in [-0.05, 0) is 69.2 Å². The fraction of sp³-hybridized carbons (Fsp3) is 0.500. The Morgan fingerprint density at radius 3 is 2.29 bits per heavy atom. The minimum Gasteiger partial charge on any atom is -0.464 e. The van der Waals surface area contributed by atoms with E-state index in [0.717, 1.165) is 16.2 Å². The van der Waals surface area contributed by atoms with Crippen molar-refractivity contribution in [1.29, 1.82) is 0 Å². The molecule has 13 nitrogen and oxygen atoms in total. The topological polar surface area (TPSA) is 210 Å². The number of hydrogen-bond acceptors (Lipinski definition) is 8. The van der Waals surface area contributed by atoms with Crippen molar-refractivity contribution in [2.45, 2.75) is 88.2 Å². The van der Waals surface area contributed by atoms with Gasteiger partial charge in [0.1, 0.15) is 6.04 Å². The summed E-state index contributed by atoms with van der Waals surface area (Å²) >= 11 is 0. The number of carboxylic acid groups (broad SMARTS) is 1. The summed E-state index contributed by atoms with van der Waals surface area (Å²) in [6.45, 7) is 2.13. The van der Waals surface area contributed by atoms with E-state index < -0.39 is 65.3 Å². The number of nitrogens with zero attached hydrogens (tertiary/aromatic N) is 1. The lowest BCUT2D eigenvalue weighted by molar-refractivity contribution is -0.146. The molecule has 49 heavy (non-hydrogen) atoms. The molecule has 266 valence electrons. The Labute approximate surface area is 288 Å². The lowest BCUT2D eigenvalue weighted by atomic mass is 9.73. The van der Waals surface area contributed by atoms with Gasteiger partial charge in [0.05, 0.1) is 23.2 Å². The first-order valence-electron chi connectivity index (χ1n) is 16.5. The molecule has 2 amide bonds. The average molecular weight is 716 g/mol. The lowest BCUT2D eigenvalue weighted by Crippen LogP contribution is -2.65. The maximum Gasteiger partial charge on any atom is 0.416 e. The van der Waals surface area contributed by atoms with Crippen LogP contribution in [0.25, 0.3) is 10.9 Å². The number of carbonyl (C=O) groups is 3. The maximum atomic E-state index is 14.4. The highest BCUT2D eigenvalue weighted by Gasteiger charge is 2.62. The summed E-state index contributed by atoms with van der Waals surface area (Å²) in [5.41, 5.74) is 5.96. The van der Waals surface area contributed by atoms with Crippen molar-refractivity contribution in [3.8, 4) is 0 Å². The van der Waals surface area contributed by atoms with Crippen molar-refractivity contribution in [1.82, 2.24) is 19.9 Å². The molecule has 2 aromatic carbocycles. The van der Waals surface area contributed by atoms with Gasteiger partial charge < -0.3 is 26.6 Å². The molecule has 7 N–H and O–H groups in total. The van der Waals surface area contributed by atoms with Crippen LogP contribution in [0.2, 0.25) is 0 Å². The van der Waals surface area contributed by atoms with E-state index in [1.54, 1.807) is 55.5 Å². The molecule has 3 aromatic rings. The second kappa shape index (κ2) is 16.4. The summed E-state index contributed by atoms with van der Waals surface area (Å²) in [4.78, 5) is 40.0. The third-order valence-electron chi connectivity index (χ3n) is 9.34. The summed E-state index contributed by atoms with van der Waals surface area (Å²) in [5, 5.41) is 26.5. The predicted molar refractivity (Wildman–Crippen MR) is 187 cm³/mol. The quantitative estimate of drug-likeness (QED) is 0.0891. The van der Waals surface area contributed by atoms with Crippen LogP contribution in [-0.2, 0) is 37.0 Å². The van der Waals surface area contributed by atoms with Crippen LogP contribution in [0.3, 0.4) is 0 Å². The molecule has 0 aliphatic heterocycles. The first kappa shape index (κ1) is 38.1. The van der Waals surface area contributed by atoms with Crippen LogP contribution in [0.5, 0.6) is 0 Å². The summed E-state index contributed by atoms with van der Waals surface area (Å²) in [6, 6.07) is 13.0. The Kier molecular flexibility index (Phi) is 12.7. The number of rotatable bonds is 17. The van der Waals surface area contributed by atoms with Crippen molar-refractivity contribution >= 4 is 47.3 Å². The van der Waals surface area contributed by atoms with Crippen LogP contribution >= 0.6 is 8.46 Å². The number of para-hydroxylation sites is 1. The van der Waals surface area contributed by atoms with Gasteiger partial charge in [0.25, 0.3) is 0 Å². The van der Waals surface area contributed by atoms with Gasteiger partial charge in [-0.2, -0.15) is 0 Å². The van der Waals surface area contributed by atoms with Crippen LogP contribution in [0.1, 0.15) is 63.0 Å². The summed E-state index contributed by atoms with van der Waals surface area (Å²) in [6.07, 6.45) is 4.29. The Balaban J connectivity index is 1.66. The van der Waals surface area contributed by atoms with Gasteiger partial charge in [0.2, 0.25) is 21.8 Å². The first-order chi connectivity index (χ1) is 23.2. The number of aliphatic hydroxyl groups is 1. The Hall–Kier alpha value is -3.68. The molecule has 1 saturated carbocycles. The van der Waals surface area contributed by atoms with E-state index in [-0.39, 0.29) is 32.1 Å². The number of benzene rings is 2. The first-order valence-corrected chi connectivity index (χ1v) is 19.2. The molecule has 1 fully saturated rings. The number of aromatic nitrogens is 1. The average Bonchev–Trinajstić information content (AvgIpc) is 3.71. The fourth-order valence-corrected chi connectivity index (χ4v) is 8.47. The second-order valence-corrected chi connectivity index (χ2v) is 15.6. The minimum absolute atomic E-state index is 0.00594. The SMILES string of the molecule is C[C@H](Cc1cn(C(=O)O)c2ccccc12)NC(=O)C1(C(O)(P=O)[C@@H](Cc2ccccc2)NC(=O)[C@H](CCCCN)NS(C)(=O)=O)CCCC1. The maximum absolute atomic E-state index is 14.4. The van der Waals surface area contributed by atoms with Crippen LogP contribution in [0, 0.1) is 5.41 Å². The van der Waals surface area contributed by atoms with Crippen LogP contribution < -0.4 is 21.1 Å². The molecule has 4 rings (SSSR count). The third kappa shape index (κ3) is 8.92. The Morgan fingerprint density at radius 1 is 1.02 bits per heavy atom. The molecule has 0 bridgehead atoms. The molecule has 0 saturated heterocycles. The molecule has 1 unspecified atom stereocenters. The fourth-order valence-electron chi connectivity index (χ4n) is 6.95. The number of nitrogens with two attached hydrogens (primary N) is 1. The predicted octanol–water partition coefficient (Wildman–Crippen LogP) is 3.53. The smallest absolute Gasteiger partial charge is 0.416 e. The monoisotopic (exact) mass is 715 g/mol. The van der Waals surface area contributed by atoms with E-state index in [1.807, 2.05) is 6.07 Å². The standard InChI is InChI=1S/C34H46N5O8PS/c1-23(20-25-22-39(32(42)43)28-16-7-6-14-26(25)28)36-31(41)33(17-9-10-18-33)34(44,48-45)29(21-24-12-4-3-5-13-24)37-30(40)27(15-8-11-19-35)38-49(2,46)47/h3-7,12-14,16,22-23,27,29,38,44H,8-11,15,17-21,35H2,1-2H3,(H,36,41)(H,37,40)(H,42,43)/t23-,27+,29-,34?/m1/s1. The van der Waals surface area contributed by atoms with E-state index in [2.05, 4.69) is 15.4 Å². The Bertz CT molecular complexity index is 1750. The van der Waals surface area contributed by atoms with E-state index in [9.17, 15) is 37.6 Å². The summed E-state index contributed by atoms with van der Waals surface area (Å²) in [5.74, 6) is -1.26. The largest absolute Gasteiger partial charge is 0.464 e. The molecular weight excluding hydrogens is 669 g/mol. The van der Waals surface area contributed by atoms with E-state index in [1.165, 1.54) is 6.20 Å².